The molecule has 0 aliphatic carbocycles. The molecule has 0 saturated carbocycles. The molecular formula is C16H14Cl2N2O6S2. The van der Waals surface area contributed by atoms with Crippen molar-refractivity contribution in [3.05, 3.63) is 58.6 Å². The third-order valence-corrected chi connectivity index (χ3v) is 6.61. The predicted molar refractivity (Wildman–Crippen MR) is 103 cm³/mol. The Hall–Kier alpha value is -2.14. The van der Waals surface area contributed by atoms with Crippen molar-refractivity contribution in [2.45, 2.75) is 22.6 Å². The first-order valence-corrected chi connectivity index (χ1v) is 11.3. The normalized spacial score (nSPS) is 11.6. The maximum atomic E-state index is 12.1. The van der Waals surface area contributed by atoms with Gasteiger partial charge in [0.1, 0.15) is 0 Å². The first kappa shape index (κ1) is 22.2. The summed E-state index contributed by atoms with van der Waals surface area (Å²) in [5.41, 5.74) is 0. The number of benzene rings is 2. The summed E-state index contributed by atoms with van der Waals surface area (Å²) < 4.78 is 51.8. The van der Waals surface area contributed by atoms with Gasteiger partial charge in [-0.3, -0.25) is 9.59 Å². The molecule has 2 amide bonds. The average molecular weight is 465 g/mol. The Bertz CT molecular complexity index is 993. The minimum Gasteiger partial charge on any atom is -0.274 e. The van der Waals surface area contributed by atoms with E-state index in [0.717, 1.165) is 0 Å². The lowest BCUT2D eigenvalue weighted by Crippen LogP contribution is -2.34. The van der Waals surface area contributed by atoms with Gasteiger partial charge >= 0.3 is 0 Å². The molecule has 2 aromatic rings. The summed E-state index contributed by atoms with van der Waals surface area (Å²) in [6.07, 6.45) is -1.07. The van der Waals surface area contributed by atoms with Gasteiger partial charge < -0.3 is 0 Å². The van der Waals surface area contributed by atoms with Gasteiger partial charge in [-0.25, -0.2) is 26.3 Å². The number of hydrogen-bond donors (Lipinski definition) is 2. The zero-order valence-electron chi connectivity index (χ0n) is 14.1. The van der Waals surface area contributed by atoms with Crippen LogP contribution in [-0.2, 0) is 29.6 Å². The highest BCUT2D eigenvalue weighted by Crippen LogP contribution is 2.15. The Morgan fingerprint density at radius 3 is 1.21 bits per heavy atom. The maximum Gasteiger partial charge on any atom is 0.264 e. The van der Waals surface area contributed by atoms with E-state index >= 15 is 0 Å². The fraction of sp³-hybridized carbons (Fsp3) is 0.125. The summed E-state index contributed by atoms with van der Waals surface area (Å²) in [6, 6.07) is 10.2. The van der Waals surface area contributed by atoms with Crippen molar-refractivity contribution in [2.75, 3.05) is 0 Å². The molecule has 28 heavy (non-hydrogen) atoms. The number of carbonyl (C=O) groups excluding carboxylic acids is 2. The number of rotatable bonds is 7. The van der Waals surface area contributed by atoms with Crippen molar-refractivity contribution in [1.29, 1.82) is 0 Å². The Kier molecular flexibility index (Phi) is 7.05. The van der Waals surface area contributed by atoms with Crippen LogP contribution in [0.3, 0.4) is 0 Å². The number of nitrogens with one attached hydrogen (secondary N) is 2. The van der Waals surface area contributed by atoms with Crippen molar-refractivity contribution in [3.8, 4) is 0 Å². The lowest BCUT2D eigenvalue weighted by molar-refractivity contribution is -0.124. The molecule has 2 N–H and O–H groups in total. The number of sulfonamides is 2. The maximum absolute atomic E-state index is 12.1. The van der Waals surface area contributed by atoms with Crippen LogP contribution in [0.4, 0.5) is 0 Å². The third-order valence-electron chi connectivity index (χ3n) is 3.32. The molecule has 8 nitrogen and oxygen atoms in total. The molecule has 0 saturated heterocycles. The van der Waals surface area contributed by atoms with Crippen LogP contribution < -0.4 is 9.44 Å². The Morgan fingerprint density at radius 1 is 0.643 bits per heavy atom. The fourth-order valence-electron chi connectivity index (χ4n) is 1.97. The monoisotopic (exact) mass is 464 g/mol. The molecule has 0 atom stereocenters. The van der Waals surface area contributed by atoms with E-state index in [1.165, 1.54) is 48.5 Å². The van der Waals surface area contributed by atoms with E-state index in [2.05, 4.69) is 0 Å². The summed E-state index contributed by atoms with van der Waals surface area (Å²) in [5, 5.41) is 0.646. The van der Waals surface area contributed by atoms with Gasteiger partial charge in [-0.2, -0.15) is 0 Å². The van der Waals surface area contributed by atoms with Crippen LogP contribution >= 0.6 is 23.2 Å². The predicted octanol–water partition coefficient (Wildman–Crippen LogP) is 2.08. The van der Waals surface area contributed by atoms with Crippen LogP contribution in [0.1, 0.15) is 12.8 Å². The molecule has 12 heteroatoms. The second-order valence-electron chi connectivity index (χ2n) is 5.47. The lowest BCUT2D eigenvalue weighted by Gasteiger charge is -2.08. The first-order chi connectivity index (χ1) is 13.0. The number of amides is 2. The molecule has 0 spiro atoms. The van der Waals surface area contributed by atoms with Gasteiger partial charge in [0, 0.05) is 22.9 Å². The van der Waals surface area contributed by atoms with Crippen LogP contribution in [0, 0.1) is 0 Å². The molecule has 0 fully saturated rings. The summed E-state index contributed by atoms with van der Waals surface area (Å²) in [7, 11) is -8.25. The second-order valence-corrected chi connectivity index (χ2v) is 9.70. The van der Waals surface area contributed by atoms with Crippen LogP contribution in [0.2, 0.25) is 10.0 Å². The summed E-state index contributed by atoms with van der Waals surface area (Å²) in [5.74, 6) is -1.93. The van der Waals surface area contributed by atoms with Gasteiger partial charge in [0.15, 0.2) is 0 Å². The standard InChI is InChI=1S/C16H14Cl2N2O6S2/c17-11-1-5-13(6-2-11)27(23,24)19-15(21)9-10-16(22)20-28(25,26)14-7-3-12(18)4-8-14/h1-8H,9-10H2,(H,19,21)(H,20,22). The summed E-state index contributed by atoms with van der Waals surface area (Å²) in [4.78, 5) is 23.3. The third kappa shape index (κ3) is 6.20. The van der Waals surface area contributed by atoms with Gasteiger partial charge in [0.25, 0.3) is 20.0 Å². The minimum absolute atomic E-state index is 0.181. The van der Waals surface area contributed by atoms with Gasteiger partial charge in [-0.15, -0.1) is 0 Å². The summed E-state index contributed by atoms with van der Waals surface area (Å²) in [6.45, 7) is 0. The largest absolute Gasteiger partial charge is 0.274 e. The van der Waals surface area contributed by atoms with Gasteiger partial charge in [0.05, 0.1) is 9.79 Å². The Labute approximate surface area is 171 Å². The van der Waals surface area contributed by atoms with Crippen molar-refractivity contribution in [3.63, 3.8) is 0 Å². The lowest BCUT2D eigenvalue weighted by atomic mass is 10.3. The molecule has 0 bridgehead atoms. The molecule has 2 aromatic carbocycles. The van der Waals surface area contributed by atoms with Crippen molar-refractivity contribution in [2.24, 2.45) is 0 Å². The minimum atomic E-state index is -4.13. The van der Waals surface area contributed by atoms with Crippen LogP contribution in [0.15, 0.2) is 58.3 Å². The van der Waals surface area contributed by atoms with Gasteiger partial charge in [-0.05, 0) is 48.5 Å². The molecule has 0 heterocycles. The molecule has 150 valence electrons. The van der Waals surface area contributed by atoms with E-state index in [1.807, 2.05) is 0 Å². The molecule has 0 aliphatic rings. The fourth-order valence-corrected chi connectivity index (χ4v) is 4.25. The van der Waals surface area contributed by atoms with E-state index in [9.17, 15) is 26.4 Å². The molecule has 0 radical (unpaired) electrons. The number of carbonyl (C=O) groups is 2. The van der Waals surface area contributed by atoms with Crippen molar-refractivity contribution in [1.82, 2.24) is 9.44 Å². The van der Waals surface area contributed by atoms with E-state index < -0.39 is 44.7 Å². The van der Waals surface area contributed by atoms with Crippen LogP contribution in [0.5, 0.6) is 0 Å². The second kappa shape index (κ2) is 8.91. The quantitative estimate of drug-likeness (QED) is 0.645. The smallest absolute Gasteiger partial charge is 0.264 e. The highest BCUT2D eigenvalue weighted by atomic mass is 35.5. The molecular weight excluding hydrogens is 451 g/mol. The van der Waals surface area contributed by atoms with Crippen LogP contribution in [0.25, 0.3) is 0 Å². The first-order valence-electron chi connectivity index (χ1n) is 7.62. The zero-order chi connectivity index (χ0) is 20.9. The zero-order valence-corrected chi connectivity index (χ0v) is 17.2. The van der Waals surface area contributed by atoms with E-state index in [0.29, 0.717) is 10.0 Å². The van der Waals surface area contributed by atoms with E-state index in [4.69, 9.17) is 23.2 Å². The number of hydrogen-bond acceptors (Lipinski definition) is 6. The molecule has 0 aliphatic heterocycles. The van der Waals surface area contributed by atoms with E-state index in [-0.39, 0.29) is 9.79 Å². The van der Waals surface area contributed by atoms with Crippen molar-refractivity contribution >= 4 is 55.1 Å². The highest BCUT2D eigenvalue weighted by Gasteiger charge is 2.21. The molecule has 2 rings (SSSR count). The topological polar surface area (TPSA) is 126 Å². The van der Waals surface area contributed by atoms with E-state index in [1.54, 1.807) is 9.44 Å². The SMILES string of the molecule is O=C(CCC(=O)NS(=O)(=O)c1ccc(Cl)cc1)NS(=O)(=O)c1ccc(Cl)cc1. The average Bonchev–Trinajstić information content (AvgIpc) is 2.60. The van der Waals surface area contributed by atoms with Crippen molar-refractivity contribution < 1.29 is 26.4 Å². The summed E-state index contributed by atoms with van der Waals surface area (Å²) >= 11 is 11.3. The number of halogens is 2. The Balaban J connectivity index is 1.92. The van der Waals surface area contributed by atoms with Gasteiger partial charge in [0.2, 0.25) is 11.8 Å². The molecule has 0 unspecified atom stereocenters. The van der Waals surface area contributed by atoms with Crippen LogP contribution in [-0.4, -0.2) is 28.6 Å². The Morgan fingerprint density at radius 2 is 0.929 bits per heavy atom. The highest BCUT2D eigenvalue weighted by molar-refractivity contribution is 7.90. The van der Waals surface area contributed by atoms with Gasteiger partial charge in [-0.1, -0.05) is 23.2 Å². The molecule has 0 aromatic heterocycles.